The Labute approximate surface area is 130 Å². The zero-order valence-corrected chi connectivity index (χ0v) is 13.2. The third kappa shape index (κ3) is 3.97. The Morgan fingerprint density at radius 3 is 2.55 bits per heavy atom. The van der Waals surface area contributed by atoms with Gasteiger partial charge in [0.1, 0.15) is 6.10 Å². The van der Waals surface area contributed by atoms with Crippen LogP contribution in [0.25, 0.3) is 0 Å². The number of carbonyl (C=O) groups excluding carboxylic acids is 1. The fourth-order valence-electron chi connectivity index (χ4n) is 2.98. The zero-order valence-electron chi connectivity index (χ0n) is 11.7. The minimum Gasteiger partial charge on any atom is -0.373 e. The molecule has 1 aliphatic rings. The molecule has 0 heterocycles. The molecule has 1 fully saturated rings. The lowest BCUT2D eigenvalue weighted by atomic mass is 9.82. The fourth-order valence-corrected chi connectivity index (χ4v) is 3.30. The average molecular weight is 315 g/mol. The molecule has 2 nitrogen and oxygen atoms in total. The molecule has 0 bridgehead atoms. The molecule has 4 heteroatoms. The highest BCUT2D eigenvalue weighted by Crippen LogP contribution is 2.29. The summed E-state index contributed by atoms with van der Waals surface area (Å²) < 4.78 is 5.47. The van der Waals surface area contributed by atoms with E-state index in [9.17, 15) is 4.79 Å². The van der Waals surface area contributed by atoms with Crippen molar-refractivity contribution in [3.63, 3.8) is 0 Å². The fraction of sp³-hybridized carbons (Fsp3) is 0.562. The molecule has 0 radical (unpaired) electrons. The van der Waals surface area contributed by atoms with Gasteiger partial charge in [-0.15, -0.1) is 0 Å². The number of halogens is 2. The zero-order chi connectivity index (χ0) is 14.5. The average Bonchev–Trinajstić information content (AvgIpc) is 2.45. The molecule has 110 valence electrons. The van der Waals surface area contributed by atoms with Gasteiger partial charge >= 0.3 is 0 Å². The molecule has 1 saturated carbocycles. The van der Waals surface area contributed by atoms with Crippen LogP contribution in [0.2, 0.25) is 10.0 Å². The van der Waals surface area contributed by atoms with Crippen molar-refractivity contribution in [2.24, 2.45) is 5.92 Å². The second kappa shape index (κ2) is 7.44. The highest BCUT2D eigenvalue weighted by Gasteiger charge is 2.29. The standard InChI is InChI=1S/C16H20Cl2O2/c1-20-16(12-5-3-2-4-6-12)15(19)10-11-7-8-13(17)14(18)9-11/h7-9,12,16H,2-6,10H2,1H3. The number of rotatable bonds is 5. The summed E-state index contributed by atoms with van der Waals surface area (Å²) in [4.78, 5) is 12.4. The second-order valence-corrected chi connectivity index (χ2v) is 6.26. The predicted octanol–water partition coefficient (Wildman–Crippen LogP) is 4.70. The van der Waals surface area contributed by atoms with Gasteiger partial charge in [-0.25, -0.2) is 0 Å². The summed E-state index contributed by atoms with van der Waals surface area (Å²) in [5, 5.41) is 1.00. The van der Waals surface area contributed by atoms with Crippen molar-refractivity contribution < 1.29 is 9.53 Å². The molecule has 1 aliphatic carbocycles. The van der Waals surface area contributed by atoms with Crippen molar-refractivity contribution in [1.82, 2.24) is 0 Å². The minimum atomic E-state index is -0.287. The molecule has 0 N–H and O–H groups in total. The van der Waals surface area contributed by atoms with Crippen LogP contribution >= 0.6 is 23.2 Å². The van der Waals surface area contributed by atoms with Gasteiger partial charge in [0.25, 0.3) is 0 Å². The third-order valence-electron chi connectivity index (χ3n) is 4.01. The van der Waals surface area contributed by atoms with Gasteiger partial charge in [-0.2, -0.15) is 0 Å². The van der Waals surface area contributed by atoms with Crippen LogP contribution in [-0.2, 0) is 16.0 Å². The van der Waals surface area contributed by atoms with E-state index in [0.717, 1.165) is 18.4 Å². The van der Waals surface area contributed by atoms with E-state index in [1.54, 1.807) is 19.2 Å². The summed E-state index contributed by atoms with van der Waals surface area (Å²) in [6.45, 7) is 0. The summed E-state index contributed by atoms with van der Waals surface area (Å²) in [7, 11) is 1.63. The first kappa shape index (κ1) is 15.8. The van der Waals surface area contributed by atoms with E-state index in [0.29, 0.717) is 22.4 Å². The molecule has 1 unspecified atom stereocenters. The van der Waals surface area contributed by atoms with Gasteiger partial charge in [0.05, 0.1) is 10.0 Å². The van der Waals surface area contributed by atoms with Gasteiger partial charge in [0.15, 0.2) is 5.78 Å². The summed E-state index contributed by atoms with van der Waals surface area (Å²) in [5.74, 6) is 0.502. The molecule has 0 aromatic heterocycles. The molecule has 2 rings (SSSR count). The summed E-state index contributed by atoms with van der Waals surface area (Å²) in [6, 6.07) is 5.34. The first-order valence-electron chi connectivity index (χ1n) is 7.11. The molecule has 0 saturated heterocycles. The van der Waals surface area contributed by atoms with E-state index in [2.05, 4.69) is 0 Å². The van der Waals surface area contributed by atoms with Crippen molar-refractivity contribution in [2.45, 2.75) is 44.6 Å². The molecule has 1 aromatic carbocycles. The third-order valence-corrected chi connectivity index (χ3v) is 4.75. The van der Waals surface area contributed by atoms with Crippen molar-refractivity contribution in [1.29, 1.82) is 0 Å². The molecule has 1 aromatic rings. The Balaban J connectivity index is 2.02. The molecule has 1 atom stereocenters. The van der Waals surface area contributed by atoms with Crippen LogP contribution in [0.1, 0.15) is 37.7 Å². The molecular formula is C16H20Cl2O2. The highest BCUT2D eigenvalue weighted by molar-refractivity contribution is 6.42. The Hall–Kier alpha value is -0.570. The van der Waals surface area contributed by atoms with Crippen LogP contribution in [0.15, 0.2) is 18.2 Å². The van der Waals surface area contributed by atoms with Gasteiger partial charge < -0.3 is 4.74 Å². The maximum Gasteiger partial charge on any atom is 0.166 e. The SMILES string of the molecule is COC(C(=O)Cc1ccc(Cl)c(Cl)c1)C1CCCCC1. The number of carbonyl (C=O) groups is 1. The Morgan fingerprint density at radius 2 is 1.95 bits per heavy atom. The lowest BCUT2D eigenvalue weighted by molar-refractivity contribution is -0.132. The monoisotopic (exact) mass is 314 g/mol. The van der Waals surface area contributed by atoms with E-state index in [4.69, 9.17) is 27.9 Å². The first-order chi connectivity index (χ1) is 9.61. The second-order valence-electron chi connectivity index (χ2n) is 5.45. The number of methoxy groups -OCH3 is 1. The van der Waals surface area contributed by atoms with E-state index in [1.807, 2.05) is 6.07 Å². The van der Waals surface area contributed by atoms with Crippen molar-refractivity contribution >= 4 is 29.0 Å². The van der Waals surface area contributed by atoms with Crippen LogP contribution in [0, 0.1) is 5.92 Å². The van der Waals surface area contributed by atoms with Gasteiger partial charge in [-0.1, -0.05) is 48.5 Å². The lowest BCUT2D eigenvalue weighted by Gasteiger charge is -2.28. The maximum absolute atomic E-state index is 12.4. The minimum absolute atomic E-state index is 0.137. The Kier molecular flexibility index (Phi) is 5.88. The number of ketones is 1. The van der Waals surface area contributed by atoms with Crippen molar-refractivity contribution in [3.05, 3.63) is 33.8 Å². The number of benzene rings is 1. The topological polar surface area (TPSA) is 26.3 Å². The Morgan fingerprint density at radius 1 is 1.25 bits per heavy atom. The molecule has 0 spiro atoms. The number of hydrogen-bond donors (Lipinski definition) is 0. The summed E-state index contributed by atoms with van der Waals surface area (Å²) >= 11 is 11.9. The summed E-state index contributed by atoms with van der Waals surface area (Å²) in [6.07, 6.45) is 5.91. The van der Waals surface area contributed by atoms with Crippen molar-refractivity contribution in [3.8, 4) is 0 Å². The van der Waals surface area contributed by atoms with E-state index >= 15 is 0 Å². The van der Waals surface area contributed by atoms with Gasteiger partial charge in [0.2, 0.25) is 0 Å². The molecular weight excluding hydrogens is 295 g/mol. The Bertz CT molecular complexity index is 468. The highest BCUT2D eigenvalue weighted by atomic mass is 35.5. The van der Waals surface area contributed by atoms with E-state index in [1.165, 1.54) is 19.3 Å². The van der Waals surface area contributed by atoms with Crippen LogP contribution in [0.4, 0.5) is 0 Å². The molecule has 0 amide bonds. The van der Waals surface area contributed by atoms with E-state index < -0.39 is 0 Å². The van der Waals surface area contributed by atoms with Crippen LogP contribution < -0.4 is 0 Å². The van der Waals surface area contributed by atoms with Crippen LogP contribution in [0.5, 0.6) is 0 Å². The van der Waals surface area contributed by atoms with Gasteiger partial charge in [-0.05, 0) is 36.5 Å². The normalized spacial score (nSPS) is 17.9. The first-order valence-corrected chi connectivity index (χ1v) is 7.87. The molecule has 20 heavy (non-hydrogen) atoms. The van der Waals surface area contributed by atoms with E-state index in [-0.39, 0.29) is 11.9 Å². The van der Waals surface area contributed by atoms with Crippen LogP contribution in [0.3, 0.4) is 0 Å². The number of Topliss-reactive ketones (excluding diaryl/α,β-unsaturated/α-hetero) is 1. The summed E-state index contributed by atoms with van der Waals surface area (Å²) in [5.41, 5.74) is 0.891. The van der Waals surface area contributed by atoms with Gasteiger partial charge in [0, 0.05) is 13.5 Å². The predicted molar refractivity (Wildman–Crippen MR) is 82.5 cm³/mol. The lowest BCUT2D eigenvalue weighted by Crippen LogP contribution is -2.34. The van der Waals surface area contributed by atoms with Crippen molar-refractivity contribution in [2.75, 3.05) is 7.11 Å². The van der Waals surface area contributed by atoms with Gasteiger partial charge in [-0.3, -0.25) is 4.79 Å². The number of ether oxygens (including phenoxy) is 1. The van der Waals surface area contributed by atoms with Crippen LogP contribution in [-0.4, -0.2) is 19.0 Å². The smallest absolute Gasteiger partial charge is 0.166 e. The maximum atomic E-state index is 12.4. The quantitative estimate of drug-likeness (QED) is 0.787. The molecule has 0 aliphatic heterocycles. The largest absolute Gasteiger partial charge is 0.373 e. The number of hydrogen-bond acceptors (Lipinski definition) is 2.